The van der Waals surface area contributed by atoms with Crippen molar-refractivity contribution in [2.45, 2.75) is 6.92 Å². The van der Waals surface area contributed by atoms with Crippen LogP contribution < -0.4 is 14.8 Å². The highest BCUT2D eigenvalue weighted by atomic mass is 16.5. The van der Waals surface area contributed by atoms with Crippen LogP contribution >= 0.6 is 0 Å². The summed E-state index contributed by atoms with van der Waals surface area (Å²) in [6.45, 7) is 5.76. The number of methoxy groups -OCH3 is 2. The predicted octanol–water partition coefficient (Wildman–Crippen LogP) is 4.28. The quantitative estimate of drug-likeness (QED) is 0.282. The van der Waals surface area contributed by atoms with Gasteiger partial charge in [0.15, 0.2) is 0 Å². The first kappa shape index (κ1) is 29.8. The third kappa shape index (κ3) is 7.40. The van der Waals surface area contributed by atoms with Crippen LogP contribution in [0.15, 0.2) is 79.0 Å². The number of aryl methyl sites for hydroxylation is 1. The average Bonchev–Trinajstić information content (AvgIpc) is 3.47. The van der Waals surface area contributed by atoms with Crippen LogP contribution in [0.5, 0.6) is 11.5 Å². The fraction of sp³-hybridized carbons (Fsp3) is 0.303. The summed E-state index contributed by atoms with van der Waals surface area (Å²) in [5.41, 5.74) is 3.78. The van der Waals surface area contributed by atoms with Gasteiger partial charge in [0.2, 0.25) is 11.9 Å². The molecule has 0 radical (unpaired) electrons. The van der Waals surface area contributed by atoms with E-state index in [9.17, 15) is 9.59 Å². The number of carbonyl (C=O) groups excluding carboxylic acids is 2. The number of morpholine rings is 1. The number of nitrogens with one attached hydrogen (secondary N) is 1. The van der Waals surface area contributed by atoms with Crippen molar-refractivity contribution in [3.8, 4) is 28.4 Å². The van der Waals surface area contributed by atoms with Gasteiger partial charge in [0.1, 0.15) is 18.0 Å². The van der Waals surface area contributed by atoms with E-state index in [4.69, 9.17) is 19.2 Å². The normalized spacial score (nSPS) is 13.4. The summed E-state index contributed by atoms with van der Waals surface area (Å²) in [4.78, 5) is 35.9. The van der Waals surface area contributed by atoms with E-state index in [1.54, 1.807) is 25.2 Å². The molecular formula is C33H37N5O5. The number of hydrogen-bond acceptors (Lipinski definition) is 7. The Kier molecular flexibility index (Phi) is 9.70. The molecule has 1 fully saturated rings. The van der Waals surface area contributed by atoms with Crippen LogP contribution in [0.4, 0.5) is 5.95 Å². The van der Waals surface area contributed by atoms with E-state index >= 15 is 0 Å². The van der Waals surface area contributed by atoms with Crippen LogP contribution in [0.3, 0.4) is 0 Å². The van der Waals surface area contributed by atoms with Gasteiger partial charge in [-0.25, -0.2) is 4.98 Å². The van der Waals surface area contributed by atoms with Gasteiger partial charge in [-0.2, -0.15) is 0 Å². The average molecular weight is 584 g/mol. The van der Waals surface area contributed by atoms with E-state index in [2.05, 4.69) is 10.2 Å². The first-order valence-electron chi connectivity index (χ1n) is 14.3. The minimum absolute atomic E-state index is 0.120. The van der Waals surface area contributed by atoms with E-state index in [0.717, 1.165) is 41.4 Å². The molecule has 0 aliphatic carbocycles. The van der Waals surface area contributed by atoms with Gasteiger partial charge in [-0.3, -0.25) is 24.4 Å². The van der Waals surface area contributed by atoms with Gasteiger partial charge >= 0.3 is 0 Å². The molecule has 1 aliphatic heterocycles. The van der Waals surface area contributed by atoms with Crippen LogP contribution in [0.1, 0.15) is 15.9 Å². The minimum Gasteiger partial charge on any atom is -0.497 e. The van der Waals surface area contributed by atoms with Crippen molar-refractivity contribution in [2.75, 3.05) is 65.5 Å². The van der Waals surface area contributed by atoms with E-state index in [1.165, 1.54) is 0 Å². The summed E-state index contributed by atoms with van der Waals surface area (Å²) < 4.78 is 17.9. The third-order valence-electron chi connectivity index (χ3n) is 7.48. The highest BCUT2D eigenvalue weighted by Crippen LogP contribution is 2.27. The molecule has 0 atom stereocenters. The highest BCUT2D eigenvalue weighted by Gasteiger charge is 2.23. The maximum atomic E-state index is 13.7. The molecule has 3 aromatic carbocycles. The van der Waals surface area contributed by atoms with Crippen molar-refractivity contribution in [1.29, 1.82) is 0 Å². The lowest BCUT2D eigenvalue weighted by molar-refractivity contribution is -0.117. The summed E-state index contributed by atoms with van der Waals surface area (Å²) in [7, 11) is 3.23. The number of amides is 2. The van der Waals surface area contributed by atoms with E-state index in [0.29, 0.717) is 43.5 Å². The number of imidazole rings is 1. The van der Waals surface area contributed by atoms with Crippen molar-refractivity contribution in [3.05, 3.63) is 90.1 Å². The van der Waals surface area contributed by atoms with Gasteiger partial charge in [0.05, 0.1) is 33.1 Å². The van der Waals surface area contributed by atoms with Gasteiger partial charge in [0.25, 0.3) is 5.91 Å². The zero-order valence-corrected chi connectivity index (χ0v) is 24.8. The van der Waals surface area contributed by atoms with Gasteiger partial charge in [-0.05, 0) is 67.1 Å². The number of nitrogens with zero attached hydrogens (tertiary/aromatic N) is 4. The van der Waals surface area contributed by atoms with Crippen molar-refractivity contribution in [1.82, 2.24) is 19.4 Å². The Hall–Kier alpha value is -4.67. The summed E-state index contributed by atoms with van der Waals surface area (Å²) in [5.74, 6) is 1.28. The second-order valence-electron chi connectivity index (χ2n) is 10.3. The minimum atomic E-state index is -0.342. The Morgan fingerprint density at radius 1 is 0.930 bits per heavy atom. The number of rotatable bonds is 11. The molecule has 43 heavy (non-hydrogen) atoms. The van der Waals surface area contributed by atoms with Crippen molar-refractivity contribution in [2.24, 2.45) is 0 Å². The molecule has 0 spiro atoms. The van der Waals surface area contributed by atoms with Crippen LogP contribution in [0.2, 0.25) is 0 Å². The summed E-state index contributed by atoms with van der Waals surface area (Å²) in [5, 5.41) is 2.97. The lowest BCUT2D eigenvalue weighted by atomic mass is 10.1. The third-order valence-corrected chi connectivity index (χ3v) is 7.48. The second-order valence-corrected chi connectivity index (χ2v) is 10.3. The highest BCUT2D eigenvalue weighted by molar-refractivity contribution is 6.00. The number of ether oxygens (including phenoxy) is 3. The molecular weight excluding hydrogens is 546 g/mol. The molecule has 224 valence electrons. The zero-order valence-electron chi connectivity index (χ0n) is 24.8. The molecule has 0 saturated carbocycles. The number of anilines is 1. The van der Waals surface area contributed by atoms with Gasteiger partial charge in [-0.1, -0.05) is 18.2 Å². The van der Waals surface area contributed by atoms with Crippen LogP contribution in [-0.4, -0.2) is 91.3 Å². The smallest absolute Gasteiger partial charge is 0.254 e. The lowest BCUT2D eigenvalue weighted by Crippen LogP contribution is -2.45. The monoisotopic (exact) mass is 583 g/mol. The molecule has 2 amide bonds. The Morgan fingerprint density at radius 3 is 2.23 bits per heavy atom. The van der Waals surface area contributed by atoms with Crippen molar-refractivity contribution >= 4 is 17.8 Å². The number of aromatic nitrogens is 2. The molecule has 1 aromatic heterocycles. The molecule has 2 heterocycles. The SMILES string of the molecule is COc1ccc(-c2cn(-c3ccc(OC)cc3)c(NC(=O)CN(CCN3CCOCC3)C(=O)c3ccccc3C)n2)cc1. The van der Waals surface area contributed by atoms with Crippen molar-refractivity contribution < 1.29 is 23.8 Å². The standard InChI is InChI=1S/C33H37N5O5/c1-24-6-4-5-7-29(24)32(40)37(17-16-36-18-20-43-21-19-36)23-31(39)35-33-34-30(25-8-12-27(41-2)13-9-25)22-38(33)26-10-14-28(42-3)15-11-26/h4-15,22H,16-21,23H2,1-3H3,(H,34,35,39). The van der Waals surface area contributed by atoms with Crippen LogP contribution in [0.25, 0.3) is 16.9 Å². The van der Waals surface area contributed by atoms with Gasteiger partial charge in [0, 0.05) is 49.2 Å². The molecule has 1 aliphatic rings. The number of carbonyl (C=O) groups is 2. The maximum Gasteiger partial charge on any atom is 0.254 e. The molecule has 10 heteroatoms. The topological polar surface area (TPSA) is 98.2 Å². The Balaban J connectivity index is 1.40. The van der Waals surface area contributed by atoms with Crippen LogP contribution in [-0.2, 0) is 9.53 Å². The van der Waals surface area contributed by atoms with Gasteiger partial charge in [-0.15, -0.1) is 0 Å². The number of hydrogen-bond donors (Lipinski definition) is 1. The summed E-state index contributed by atoms with van der Waals surface area (Å²) >= 11 is 0. The fourth-order valence-corrected chi connectivity index (χ4v) is 4.97. The number of benzene rings is 3. The molecule has 4 aromatic rings. The first-order valence-corrected chi connectivity index (χ1v) is 14.3. The maximum absolute atomic E-state index is 13.7. The Bertz CT molecular complexity index is 1530. The molecule has 1 N–H and O–H groups in total. The molecule has 5 rings (SSSR count). The predicted molar refractivity (Wildman–Crippen MR) is 165 cm³/mol. The van der Waals surface area contributed by atoms with E-state index < -0.39 is 0 Å². The Morgan fingerprint density at radius 2 is 1.58 bits per heavy atom. The molecule has 0 unspecified atom stereocenters. The first-order chi connectivity index (χ1) is 20.9. The molecule has 10 nitrogen and oxygen atoms in total. The van der Waals surface area contributed by atoms with E-state index in [-0.39, 0.29) is 18.4 Å². The van der Waals surface area contributed by atoms with Crippen LogP contribution in [0, 0.1) is 6.92 Å². The molecule has 1 saturated heterocycles. The largest absolute Gasteiger partial charge is 0.497 e. The fourth-order valence-electron chi connectivity index (χ4n) is 4.97. The lowest BCUT2D eigenvalue weighted by Gasteiger charge is -2.30. The Labute approximate surface area is 251 Å². The second kappa shape index (κ2) is 14.0. The summed E-state index contributed by atoms with van der Waals surface area (Å²) in [6.07, 6.45) is 1.87. The summed E-state index contributed by atoms with van der Waals surface area (Å²) in [6, 6.07) is 22.5. The zero-order chi connectivity index (χ0) is 30.2. The molecule has 0 bridgehead atoms. The van der Waals surface area contributed by atoms with Gasteiger partial charge < -0.3 is 19.1 Å². The van der Waals surface area contributed by atoms with Crippen molar-refractivity contribution in [3.63, 3.8) is 0 Å². The van der Waals surface area contributed by atoms with E-state index in [1.807, 2.05) is 84.4 Å².